The van der Waals surface area contributed by atoms with E-state index >= 15 is 0 Å². The first-order valence-corrected chi connectivity index (χ1v) is 9.59. The Kier molecular flexibility index (Phi) is 6.19. The van der Waals surface area contributed by atoms with E-state index in [9.17, 15) is 9.59 Å². The monoisotopic (exact) mass is 358 g/mol. The van der Waals surface area contributed by atoms with Crippen LogP contribution in [0.2, 0.25) is 0 Å². The quantitative estimate of drug-likeness (QED) is 0.691. The molecule has 1 fully saturated rings. The zero-order valence-corrected chi connectivity index (χ0v) is 15.0. The van der Waals surface area contributed by atoms with Crippen molar-refractivity contribution in [3.8, 4) is 0 Å². The zero-order valence-electron chi connectivity index (χ0n) is 14.2. The number of benzene rings is 1. The fraction of sp³-hybridized carbons (Fsp3) is 0.368. The van der Waals surface area contributed by atoms with E-state index in [1.54, 1.807) is 11.0 Å². The number of carbonyl (C=O) groups is 2. The van der Waals surface area contributed by atoms with Gasteiger partial charge in [0.1, 0.15) is 6.54 Å². The second-order valence-corrected chi connectivity index (χ2v) is 7.29. The number of likely N-dealkylation sites (tertiary alicyclic amines) is 1. The van der Waals surface area contributed by atoms with Gasteiger partial charge in [0.2, 0.25) is 5.91 Å². The van der Waals surface area contributed by atoms with Gasteiger partial charge in [0.15, 0.2) is 0 Å². The van der Waals surface area contributed by atoms with Crippen molar-refractivity contribution in [1.82, 2.24) is 10.6 Å². The first kappa shape index (κ1) is 17.6. The van der Waals surface area contributed by atoms with E-state index < -0.39 is 0 Å². The molecule has 132 valence electrons. The molecule has 1 aromatic carbocycles. The summed E-state index contributed by atoms with van der Waals surface area (Å²) in [5, 5.41) is 7.40. The van der Waals surface area contributed by atoms with E-state index in [1.165, 1.54) is 42.8 Å². The molecule has 6 heteroatoms. The maximum absolute atomic E-state index is 12.0. The van der Waals surface area contributed by atoms with Crippen molar-refractivity contribution in [2.45, 2.75) is 25.9 Å². The molecule has 5 nitrogen and oxygen atoms in total. The normalized spacial score (nSPS) is 14.4. The lowest BCUT2D eigenvalue weighted by molar-refractivity contribution is -0.901. The molecule has 1 aliphatic heterocycles. The van der Waals surface area contributed by atoms with Crippen LogP contribution in [0.4, 0.5) is 0 Å². The van der Waals surface area contributed by atoms with Crippen LogP contribution in [-0.2, 0) is 17.9 Å². The molecule has 2 heterocycles. The highest BCUT2D eigenvalue weighted by atomic mass is 32.1. The Morgan fingerprint density at radius 1 is 1.00 bits per heavy atom. The molecule has 0 bridgehead atoms. The summed E-state index contributed by atoms with van der Waals surface area (Å²) in [6, 6.07) is 11.8. The first-order valence-electron chi connectivity index (χ1n) is 8.71. The van der Waals surface area contributed by atoms with Gasteiger partial charge < -0.3 is 15.5 Å². The van der Waals surface area contributed by atoms with Gasteiger partial charge in [0.25, 0.3) is 5.91 Å². The lowest BCUT2D eigenvalue weighted by atomic mass is 10.1. The molecule has 1 aromatic heterocycles. The highest BCUT2D eigenvalue weighted by molar-refractivity contribution is 7.12. The SMILES string of the molecule is O=C(CNC(=O)c1cccs1)NCc1ccccc1C[NH+]1CCCC1. The Balaban J connectivity index is 1.47. The summed E-state index contributed by atoms with van der Waals surface area (Å²) in [7, 11) is 0. The van der Waals surface area contributed by atoms with Crippen LogP contribution in [0.5, 0.6) is 0 Å². The number of hydrogen-bond donors (Lipinski definition) is 3. The van der Waals surface area contributed by atoms with Crippen molar-refractivity contribution >= 4 is 23.2 Å². The Labute approximate surface area is 152 Å². The van der Waals surface area contributed by atoms with Gasteiger partial charge in [-0.05, 0) is 17.0 Å². The highest BCUT2D eigenvalue weighted by Crippen LogP contribution is 2.09. The Bertz CT molecular complexity index is 709. The number of quaternary nitrogens is 1. The van der Waals surface area contributed by atoms with Crippen molar-refractivity contribution in [1.29, 1.82) is 0 Å². The maximum atomic E-state index is 12.0. The number of nitrogens with one attached hydrogen (secondary N) is 3. The third-order valence-electron chi connectivity index (χ3n) is 4.50. The average molecular weight is 358 g/mol. The van der Waals surface area contributed by atoms with Crippen LogP contribution in [0.15, 0.2) is 41.8 Å². The van der Waals surface area contributed by atoms with Gasteiger partial charge in [-0.3, -0.25) is 9.59 Å². The predicted molar refractivity (Wildman–Crippen MR) is 98.6 cm³/mol. The molecule has 1 aliphatic rings. The van der Waals surface area contributed by atoms with Crippen LogP contribution < -0.4 is 15.5 Å². The van der Waals surface area contributed by atoms with Gasteiger partial charge >= 0.3 is 0 Å². The van der Waals surface area contributed by atoms with E-state index in [4.69, 9.17) is 0 Å². The topological polar surface area (TPSA) is 62.6 Å². The van der Waals surface area contributed by atoms with Crippen LogP contribution in [0, 0.1) is 0 Å². The highest BCUT2D eigenvalue weighted by Gasteiger charge is 2.17. The molecule has 2 amide bonds. The van der Waals surface area contributed by atoms with E-state index in [0.29, 0.717) is 11.4 Å². The number of thiophene rings is 1. The summed E-state index contributed by atoms with van der Waals surface area (Å²) in [4.78, 5) is 26.1. The molecule has 0 radical (unpaired) electrons. The van der Waals surface area contributed by atoms with Gasteiger partial charge in [-0.2, -0.15) is 0 Å². The third-order valence-corrected chi connectivity index (χ3v) is 5.37. The lowest BCUT2D eigenvalue weighted by Crippen LogP contribution is -3.08. The molecule has 0 aliphatic carbocycles. The van der Waals surface area contributed by atoms with Crippen molar-refractivity contribution in [2.75, 3.05) is 19.6 Å². The van der Waals surface area contributed by atoms with Crippen LogP contribution in [0.25, 0.3) is 0 Å². The van der Waals surface area contributed by atoms with E-state index in [2.05, 4.69) is 28.8 Å². The largest absolute Gasteiger partial charge is 0.350 e. The van der Waals surface area contributed by atoms with Gasteiger partial charge in [-0.25, -0.2) is 0 Å². The number of carbonyl (C=O) groups excluding carboxylic acids is 2. The predicted octanol–water partition coefficient (Wildman–Crippen LogP) is 0.973. The number of hydrogen-bond acceptors (Lipinski definition) is 3. The van der Waals surface area contributed by atoms with Gasteiger partial charge in [0.05, 0.1) is 24.5 Å². The molecule has 2 aromatic rings. The average Bonchev–Trinajstić information content (AvgIpc) is 3.32. The Morgan fingerprint density at radius 3 is 2.48 bits per heavy atom. The fourth-order valence-electron chi connectivity index (χ4n) is 3.14. The second-order valence-electron chi connectivity index (χ2n) is 6.34. The van der Waals surface area contributed by atoms with Crippen molar-refractivity contribution in [3.05, 3.63) is 57.8 Å². The summed E-state index contributed by atoms with van der Waals surface area (Å²) in [5.41, 5.74) is 2.45. The molecule has 0 atom stereocenters. The molecule has 0 unspecified atom stereocenters. The van der Waals surface area contributed by atoms with Crippen molar-refractivity contribution in [2.24, 2.45) is 0 Å². The van der Waals surface area contributed by atoms with E-state index in [0.717, 1.165) is 12.1 Å². The molecule has 0 spiro atoms. The molecular formula is C19H24N3O2S+. The Hall–Kier alpha value is -2.18. The minimum absolute atomic E-state index is 0.00370. The van der Waals surface area contributed by atoms with Crippen molar-refractivity contribution in [3.63, 3.8) is 0 Å². The van der Waals surface area contributed by atoms with E-state index in [-0.39, 0.29) is 18.4 Å². The molecule has 3 rings (SSSR count). The van der Waals surface area contributed by atoms with Gasteiger partial charge in [-0.15, -0.1) is 11.3 Å². The fourth-order valence-corrected chi connectivity index (χ4v) is 3.78. The Morgan fingerprint density at radius 2 is 1.76 bits per heavy atom. The first-order chi connectivity index (χ1) is 12.2. The molecule has 25 heavy (non-hydrogen) atoms. The standard InChI is InChI=1S/C19H23N3O2S/c23-18(13-21-19(24)17-8-5-11-25-17)20-12-15-6-1-2-7-16(15)14-22-9-3-4-10-22/h1-2,5-8,11H,3-4,9-10,12-14H2,(H,20,23)(H,21,24)/p+1. The number of rotatable bonds is 7. The summed E-state index contributed by atoms with van der Waals surface area (Å²) < 4.78 is 0. The molecule has 1 saturated heterocycles. The van der Waals surface area contributed by atoms with Crippen LogP contribution >= 0.6 is 11.3 Å². The summed E-state index contributed by atoms with van der Waals surface area (Å²) >= 11 is 1.36. The van der Waals surface area contributed by atoms with Gasteiger partial charge in [-0.1, -0.05) is 30.3 Å². The molecular weight excluding hydrogens is 334 g/mol. The minimum atomic E-state index is -0.205. The molecule has 3 N–H and O–H groups in total. The third kappa shape index (κ3) is 5.14. The molecule has 0 saturated carbocycles. The number of amides is 2. The van der Waals surface area contributed by atoms with Gasteiger partial charge in [0, 0.05) is 24.9 Å². The van der Waals surface area contributed by atoms with Crippen LogP contribution in [0.3, 0.4) is 0 Å². The summed E-state index contributed by atoms with van der Waals surface area (Å²) in [5.74, 6) is -0.378. The van der Waals surface area contributed by atoms with E-state index in [1.807, 2.05) is 17.5 Å². The maximum Gasteiger partial charge on any atom is 0.261 e. The smallest absolute Gasteiger partial charge is 0.261 e. The summed E-state index contributed by atoms with van der Waals surface area (Å²) in [6.45, 7) is 3.97. The lowest BCUT2D eigenvalue weighted by Gasteiger charge is -2.15. The van der Waals surface area contributed by atoms with Crippen LogP contribution in [0.1, 0.15) is 33.6 Å². The minimum Gasteiger partial charge on any atom is -0.350 e. The zero-order chi connectivity index (χ0) is 17.5. The van der Waals surface area contributed by atoms with Crippen LogP contribution in [-0.4, -0.2) is 31.4 Å². The van der Waals surface area contributed by atoms with Crippen molar-refractivity contribution < 1.29 is 14.5 Å². The summed E-state index contributed by atoms with van der Waals surface area (Å²) in [6.07, 6.45) is 2.61. The second kappa shape index (κ2) is 8.78.